The van der Waals surface area contributed by atoms with Crippen molar-refractivity contribution in [2.24, 2.45) is 5.73 Å². The Morgan fingerprint density at radius 1 is 0.952 bits per heavy atom. The van der Waals surface area contributed by atoms with Gasteiger partial charge in [0, 0.05) is 25.0 Å². The first-order chi connectivity index (χ1) is 10.3. The summed E-state index contributed by atoms with van der Waals surface area (Å²) in [4.78, 5) is 2.56. The second-order valence-corrected chi connectivity index (χ2v) is 6.01. The minimum atomic E-state index is 0.292. The highest BCUT2D eigenvalue weighted by molar-refractivity contribution is 5.22. The lowest BCUT2D eigenvalue weighted by Gasteiger charge is -2.37. The van der Waals surface area contributed by atoms with Gasteiger partial charge in [0.15, 0.2) is 0 Å². The summed E-state index contributed by atoms with van der Waals surface area (Å²) >= 11 is 0. The van der Waals surface area contributed by atoms with Crippen molar-refractivity contribution >= 4 is 0 Å². The Balaban J connectivity index is 1.61. The molecule has 0 amide bonds. The third kappa shape index (κ3) is 3.72. The largest absolute Gasteiger partial charge is 0.327 e. The molecule has 2 heteroatoms. The SMILES string of the molecule is N[C@@H]1CCN(CCc2ccccc2)C[C@H]1c1ccccc1. The molecule has 0 bridgehead atoms. The number of hydrogen-bond donors (Lipinski definition) is 1. The van der Waals surface area contributed by atoms with Crippen LogP contribution in [0.3, 0.4) is 0 Å². The Labute approximate surface area is 127 Å². The van der Waals surface area contributed by atoms with Crippen molar-refractivity contribution in [1.82, 2.24) is 4.90 Å². The van der Waals surface area contributed by atoms with Crippen molar-refractivity contribution in [1.29, 1.82) is 0 Å². The number of piperidine rings is 1. The zero-order chi connectivity index (χ0) is 14.5. The van der Waals surface area contributed by atoms with Gasteiger partial charge < -0.3 is 10.6 Å². The van der Waals surface area contributed by atoms with Gasteiger partial charge in [-0.05, 0) is 30.5 Å². The Kier molecular flexibility index (Phi) is 4.69. The lowest BCUT2D eigenvalue weighted by molar-refractivity contribution is 0.192. The van der Waals surface area contributed by atoms with E-state index in [1.807, 2.05) is 0 Å². The van der Waals surface area contributed by atoms with Crippen LogP contribution in [0.4, 0.5) is 0 Å². The number of rotatable bonds is 4. The smallest absolute Gasteiger partial charge is 0.0132 e. The van der Waals surface area contributed by atoms with Crippen molar-refractivity contribution in [3.63, 3.8) is 0 Å². The zero-order valence-corrected chi connectivity index (χ0v) is 12.5. The summed E-state index contributed by atoms with van der Waals surface area (Å²) in [6, 6.07) is 21.8. The predicted molar refractivity (Wildman–Crippen MR) is 88.4 cm³/mol. The van der Waals surface area contributed by atoms with Crippen LogP contribution < -0.4 is 5.73 Å². The minimum Gasteiger partial charge on any atom is -0.327 e. The molecule has 0 aliphatic carbocycles. The summed E-state index contributed by atoms with van der Waals surface area (Å²) in [5.41, 5.74) is 9.16. The molecule has 0 radical (unpaired) electrons. The van der Waals surface area contributed by atoms with Crippen molar-refractivity contribution in [2.75, 3.05) is 19.6 Å². The van der Waals surface area contributed by atoms with Crippen LogP contribution in [0, 0.1) is 0 Å². The van der Waals surface area contributed by atoms with Gasteiger partial charge in [0.05, 0.1) is 0 Å². The van der Waals surface area contributed by atoms with E-state index in [0.29, 0.717) is 12.0 Å². The molecule has 0 unspecified atom stereocenters. The number of likely N-dealkylation sites (tertiary alicyclic amines) is 1. The van der Waals surface area contributed by atoms with Crippen LogP contribution in [0.25, 0.3) is 0 Å². The van der Waals surface area contributed by atoms with Crippen LogP contribution in [0.5, 0.6) is 0 Å². The molecule has 0 saturated carbocycles. The fraction of sp³-hybridized carbons (Fsp3) is 0.368. The first-order valence-corrected chi connectivity index (χ1v) is 7.90. The maximum atomic E-state index is 6.35. The van der Waals surface area contributed by atoms with Crippen LogP contribution in [0.1, 0.15) is 23.5 Å². The molecule has 1 saturated heterocycles. The van der Waals surface area contributed by atoms with Gasteiger partial charge in [-0.1, -0.05) is 60.7 Å². The number of benzene rings is 2. The van der Waals surface area contributed by atoms with E-state index in [0.717, 1.165) is 32.5 Å². The molecular weight excluding hydrogens is 256 g/mol. The second-order valence-electron chi connectivity index (χ2n) is 6.01. The van der Waals surface area contributed by atoms with Gasteiger partial charge >= 0.3 is 0 Å². The van der Waals surface area contributed by atoms with Gasteiger partial charge in [0.2, 0.25) is 0 Å². The average Bonchev–Trinajstić information content (AvgIpc) is 2.56. The molecule has 21 heavy (non-hydrogen) atoms. The molecular formula is C19H24N2. The molecule has 2 atom stereocenters. The molecule has 2 aromatic rings. The van der Waals surface area contributed by atoms with E-state index < -0.39 is 0 Å². The summed E-state index contributed by atoms with van der Waals surface area (Å²) in [5, 5.41) is 0. The maximum absolute atomic E-state index is 6.35. The molecule has 1 heterocycles. The minimum absolute atomic E-state index is 0.292. The predicted octanol–water partition coefficient (Wildman–Crippen LogP) is 3.05. The van der Waals surface area contributed by atoms with E-state index in [9.17, 15) is 0 Å². The number of nitrogens with zero attached hydrogens (tertiary/aromatic N) is 1. The molecule has 2 aromatic carbocycles. The van der Waals surface area contributed by atoms with Crippen molar-refractivity contribution in [3.05, 3.63) is 71.8 Å². The van der Waals surface area contributed by atoms with E-state index in [1.54, 1.807) is 0 Å². The van der Waals surface area contributed by atoms with Crippen LogP contribution in [-0.2, 0) is 6.42 Å². The molecule has 3 rings (SSSR count). The van der Waals surface area contributed by atoms with Crippen LogP contribution >= 0.6 is 0 Å². The van der Waals surface area contributed by atoms with Gasteiger partial charge in [0.25, 0.3) is 0 Å². The van der Waals surface area contributed by atoms with Crippen LogP contribution in [-0.4, -0.2) is 30.6 Å². The summed E-state index contributed by atoms with van der Waals surface area (Å²) in [6.07, 6.45) is 2.21. The molecule has 1 aliphatic heterocycles. The summed E-state index contributed by atoms with van der Waals surface area (Å²) < 4.78 is 0. The summed E-state index contributed by atoms with van der Waals surface area (Å²) in [6.45, 7) is 3.33. The fourth-order valence-corrected chi connectivity index (χ4v) is 3.23. The van der Waals surface area contributed by atoms with Gasteiger partial charge in [-0.25, -0.2) is 0 Å². The van der Waals surface area contributed by atoms with Crippen molar-refractivity contribution < 1.29 is 0 Å². The lowest BCUT2D eigenvalue weighted by atomic mass is 9.86. The normalized spacial score (nSPS) is 23.1. The van der Waals surface area contributed by atoms with E-state index in [1.165, 1.54) is 11.1 Å². The van der Waals surface area contributed by atoms with E-state index in [4.69, 9.17) is 5.73 Å². The number of nitrogens with two attached hydrogens (primary N) is 1. The topological polar surface area (TPSA) is 29.3 Å². The van der Waals surface area contributed by atoms with E-state index in [2.05, 4.69) is 65.6 Å². The lowest BCUT2D eigenvalue weighted by Crippen LogP contribution is -2.46. The van der Waals surface area contributed by atoms with Crippen molar-refractivity contribution in [2.45, 2.75) is 24.8 Å². The summed E-state index contributed by atoms with van der Waals surface area (Å²) in [7, 11) is 0. The van der Waals surface area contributed by atoms with Gasteiger partial charge in [-0.3, -0.25) is 0 Å². The van der Waals surface area contributed by atoms with Crippen molar-refractivity contribution in [3.8, 4) is 0 Å². The molecule has 1 fully saturated rings. The molecule has 2 nitrogen and oxygen atoms in total. The zero-order valence-electron chi connectivity index (χ0n) is 12.5. The Morgan fingerprint density at radius 3 is 2.33 bits per heavy atom. The van der Waals surface area contributed by atoms with E-state index >= 15 is 0 Å². The van der Waals surface area contributed by atoms with Gasteiger partial charge in [0.1, 0.15) is 0 Å². The Bertz CT molecular complexity index is 538. The molecule has 2 N–H and O–H groups in total. The third-order valence-electron chi connectivity index (χ3n) is 4.54. The number of hydrogen-bond acceptors (Lipinski definition) is 2. The first kappa shape index (κ1) is 14.3. The first-order valence-electron chi connectivity index (χ1n) is 7.90. The molecule has 110 valence electrons. The van der Waals surface area contributed by atoms with E-state index in [-0.39, 0.29) is 0 Å². The summed E-state index contributed by atoms with van der Waals surface area (Å²) in [5.74, 6) is 0.468. The highest BCUT2D eigenvalue weighted by Crippen LogP contribution is 2.26. The molecule has 1 aliphatic rings. The standard InChI is InChI=1S/C19H24N2/c20-19-12-14-21(13-11-16-7-3-1-4-8-16)15-18(19)17-9-5-2-6-10-17/h1-10,18-19H,11-15,20H2/t18-,19+/m0/s1. The van der Waals surface area contributed by atoms with Gasteiger partial charge in [-0.15, -0.1) is 0 Å². The highest BCUT2D eigenvalue weighted by Gasteiger charge is 2.27. The third-order valence-corrected chi connectivity index (χ3v) is 4.54. The monoisotopic (exact) mass is 280 g/mol. The molecule has 0 spiro atoms. The average molecular weight is 280 g/mol. The fourth-order valence-electron chi connectivity index (χ4n) is 3.23. The Hall–Kier alpha value is -1.64. The Morgan fingerprint density at radius 2 is 1.62 bits per heavy atom. The molecule has 0 aromatic heterocycles. The second kappa shape index (κ2) is 6.88. The van der Waals surface area contributed by atoms with Crippen LogP contribution in [0.2, 0.25) is 0 Å². The van der Waals surface area contributed by atoms with Crippen LogP contribution in [0.15, 0.2) is 60.7 Å². The van der Waals surface area contributed by atoms with Gasteiger partial charge in [-0.2, -0.15) is 0 Å². The maximum Gasteiger partial charge on any atom is 0.0132 e. The highest BCUT2D eigenvalue weighted by atomic mass is 15.1. The quantitative estimate of drug-likeness (QED) is 0.932.